The highest BCUT2D eigenvalue weighted by atomic mass is 16.1. The molecule has 1 aliphatic rings. The standard InChI is InChI=1S/C12H20N4O/c1-13-12(5-3-2-4-6-12)9-10(17)16-11-14-7-8-15-11/h7-8,13H,2-6,9H2,1H3,(H2,14,15,16,17). The van der Waals surface area contributed by atoms with Gasteiger partial charge in [-0.15, -0.1) is 0 Å². The van der Waals surface area contributed by atoms with Gasteiger partial charge < -0.3 is 10.3 Å². The summed E-state index contributed by atoms with van der Waals surface area (Å²) in [5, 5.41) is 6.12. The highest BCUT2D eigenvalue weighted by Crippen LogP contribution is 2.30. The number of carbonyl (C=O) groups excluding carboxylic acids is 1. The van der Waals surface area contributed by atoms with Crippen molar-refractivity contribution in [3.8, 4) is 0 Å². The van der Waals surface area contributed by atoms with E-state index in [1.165, 1.54) is 19.3 Å². The third kappa shape index (κ3) is 3.06. The minimum absolute atomic E-state index is 0.0189. The molecule has 0 spiro atoms. The van der Waals surface area contributed by atoms with Crippen molar-refractivity contribution < 1.29 is 4.79 Å². The van der Waals surface area contributed by atoms with Gasteiger partial charge in [-0.1, -0.05) is 19.3 Å². The minimum atomic E-state index is -0.0189. The first kappa shape index (κ1) is 12.1. The van der Waals surface area contributed by atoms with Crippen LogP contribution >= 0.6 is 0 Å². The lowest BCUT2D eigenvalue weighted by molar-refractivity contribution is -0.118. The third-order valence-electron chi connectivity index (χ3n) is 3.60. The van der Waals surface area contributed by atoms with Crippen LogP contribution < -0.4 is 10.6 Å². The zero-order chi connectivity index (χ0) is 12.1. The fourth-order valence-corrected chi connectivity index (χ4v) is 2.56. The highest BCUT2D eigenvalue weighted by molar-refractivity contribution is 5.89. The van der Waals surface area contributed by atoms with E-state index in [4.69, 9.17) is 0 Å². The van der Waals surface area contributed by atoms with Gasteiger partial charge in [0.25, 0.3) is 0 Å². The van der Waals surface area contributed by atoms with E-state index >= 15 is 0 Å². The number of H-pyrrole nitrogens is 1. The predicted octanol–water partition coefficient (Wildman–Crippen LogP) is 1.66. The smallest absolute Gasteiger partial charge is 0.228 e. The van der Waals surface area contributed by atoms with Gasteiger partial charge in [0.1, 0.15) is 0 Å². The average Bonchev–Trinajstić information content (AvgIpc) is 2.83. The number of imidazole rings is 1. The molecule has 1 fully saturated rings. The van der Waals surface area contributed by atoms with Crippen LogP contribution in [0.25, 0.3) is 0 Å². The molecule has 0 atom stereocenters. The van der Waals surface area contributed by atoms with Crippen LogP contribution in [-0.2, 0) is 4.79 Å². The van der Waals surface area contributed by atoms with E-state index in [9.17, 15) is 4.79 Å². The molecule has 0 saturated heterocycles. The van der Waals surface area contributed by atoms with Crippen LogP contribution in [0.4, 0.5) is 5.95 Å². The number of anilines is 1. The van der Waals surface area contributed by atoms with Crippen LogP contribution in [0, 0.1) is 0 Å². The van der Waals surface area contributed by atoms with E-state index in [0.29, 0.717) is 12.4 Å². The number of nitrogens with one attached hydrogen (secondary N) is 3. The second-order valence-corrected chi connectivity index (χ2v) is 4.75. The normalized spacial score (nSPS) is 18.9. The van der Waals surface area contributed by atoms with Crippen LogP contribution in [-0.4, -0.2) is 28.5 Å². The van der Waals surface area contributed by atoms with Crippen molar-refractivity contribution in [3.63, 3.8) is 0 Å². The fraction of sp³-hybridized carbons (Fsp3) is 0.667. The van der Waals surface area contributed by atoms with Crippen LogP contribution in [0.15, 0.2) is 12.4 Å². The lowest BCUT2D eigenvalue weighted by Crippen LogP contribution is -2.47. The Labute approximate surface area is 101 Å². The summed E-state index contributed by atoms with van der Waals surface area (Å²) in [4.78, 5) is 18.8. The number of aromatic amines is 1. The summed E-state index contributed by atoms with van der Waals surface area (Å²) in [6.07, 6.45) is 9.69. The van der Waals surface area contributed by atoms with Gasteiger partial charge in [0.2, 0.25) is 11.9 Å². The van der Waals surface area contributed by atoms with Gasteiger partial charge in [-0.25, -0.2) is 4.98 Å². The first-order valence-electron chi connectivity index (χ1n) is 6.22. The van der Waals surface area contributed by atoms with Crippen LogP contribution in [0.5, 0.6) is 0 Å². The van der Waals surface area contributed by atoms with E-state index in [1.54, 1.807) is 12.4 Å². The van der Waals surface area contributed by atoms with E-state index in [0.717, 1.165) is 12.8 Å². The van der Waals surface area contributed by atoms with Crippen molar-refractivity contribution in [3.05, 3.63) is 12.4 Å². The molecular weight excluding hydrogens is 216 g/mol. The number of carbonyl (C=O) groups is 1. The van der Waals surface area contributed by atoms with Crippen molar-refractivity contribution >= 4 is 11.9 Å². The molecule has 5 heteroatoms. The molecule has 1 heterocycles. The van der Waals surface area contributed by atoms with Crippen LogP contribution in [0.1, 0.15) is 38.5 Å². The molecule has 2 rings (SSSR count). The van der Waals surface area contributed by atoms with Gasteiger partial charge in [0, 0.05) is 24.4 Å². The average molecular weight is 236 g/mol. The maximum Gasteiger partial charge on any atom is 0.228 e. The molecule has 0 bridgehead atoms. The molecule has 0 unspecified atom stereocenters. The second-order valence-electron chi connectivity index (χ2n) is 4.75. The van der Waals surface area contributed by atoms with Crippen molar-refractivity contribution in [2.24, 2.45) is 0 Å². The minimum Gasteiger partial charge on any atom is -0.331 e. The number of aromatic nitrogens is 2. The van der Waals surface area contributed by atoms with Crippen molar-refractivity contribution in [2.75, 3.05) is 12.4 Å². The van der Waals surface area contributed by atoms with Gasteiger partial charge in [-0.2, -0.15) is 0 Å². The Bertz CT molecular complexity index is 355. The Morgan fingerprint density at radius 2 is 2.24 bits per heavy atom. The Morgan fingerprint density at radius 3 is 2.82 bits per heavy atom. The topological polar surface area (TPSA) is 69.8 Å². The zero-order valence-corrected chi connectivity index (χ0v) is 10.3. The number of nitrogens with zero attached hydrogens (tertiary/aromatic N) is 1. The zero-order valence-electron chi connectivity index (χ0n) is 10.3. The molecule has 0 aromatic carbocycles. The van der Waals surface area contributed by atoms with Gasteiger partial charge >= 0.3 is 0 Å². The molecule has 5 nitrogen and oxygen atoms in total. The van der Waals surface area contributed by atoms with E-state index < -0.39 is 0 Å². The first-order chi connectivity index (χ1) is 8.24. The van der Waals surface area contributed by atoms with Gasteiger partial charge in [0.05, 0.1) is 0 Å². The van der Waals surface area contributed by atoms with Crippen molar-refractivity contribution in [1.29, 1.82) is 0 Å². The van der Waals surface area contributed by atoms with Crippen molar-refractivity contribution in [2.45, 2.75) is 44.1 Å². The maximum absolute atomic E-state index is 11.9. The number of rotatable bonds is 4. The number of hydrogen-bond acceptors (Lipinski definition) is 3. The molecule has 1 aromatic heterocycles. The molecule has 1 aliphatic carbocycles. The summed E-state index contributed by atoms with van der Waals surface area (Å²) >= 11 is 0. The molecule has 1 amide bonds. The van der Waals surface area contributed by atoms with E-state index in [2.05, 4.69) is 20.6 Å². The summed E-state index contributed by atoms with van der Waals surface area (Å²) in [5.41, 5.74) is -0.0189. The molecular formula is C12H20N4O. The Morgan fingerprint density at radius 1 is 1.47 bits per heavy atom. The van der Waals surface area contributed by atoms with Crippen LogP contribution in [0.2, 0.25) is 0 Å². The van der Waals surface area contributed by atoms with E-state index in [-0.39, 0.29) is 11.4 Å². The largest absolute Gasteiger partial charge is 0.331 e. The SMILES string of the molecule is CNC1(CC(=O)Nc2ncc[nH]2)CCCCC1. The second kappa shape index (κ2) is 5.31. The monoisotopic (exact) mass is 236 g/mol. The van der Waals surface area contributed by atoms with Gasteiger partial charge in [-0.05, 0) is 19.9 Å². The Kier molecular flexibility index (Phi) is 3.78. The van der Waals surface area contributed by atoms with Gasteiger partial charge in [-0.3, -0.25) is 10.1 Å². The summed E-state index contributed by atoms with van der Waals surface area (Å²) in [5.74, 6) is 0.549. The number of amides is 1. The maximum atomic E-state index is 11.9. The van der Waals surface area contributed by atoms with Crippen molar-refractivity contribution in [1.82, 2.24) is 15.3 Å². The summed E-state index contributed by atoms with van der Waals surface area (Å²) in [7, 11) is 1.95. The Hall–Kier alpha value is -1.36. The van der Waals surface area contributed by atoms with Crippen LogP contribution in [0.3, 0.4) is 0 Å². The summed E-state index contributed by atoms with van der Waals surface area (Å²) in [6, 6.07) is 0. The lowest BCUT2D eigenvalue weighted by Gasteiger charge is -2.36. The fourth-order valence-electron chi connectivity index (χ4n) is 2.56. The molecule has 94 valence electrons. The molecule has 3 N–H and O–H groups in total. The molecule has 17 heavy (non-hydrogen) atoms. The molecule has 0 radical (unpaired) electrons. The lowest BCUT2D eigenvalue weighted by atomic mass is 9.79. The van der Waals surface area contributed by atoms with E-state index in [1.807, 2.05) is 7.05 Å². The summed E-state index contributed by atoms with van der Waals surface area (Å²) < 4.78 is 0. The first-order valence-corrected chi connectivity index (χ1v) is 6.22. The Balaban J connectivity index is 1.91. The highest BCUT2D eigenvalue weighted by Gasteiger charge is 2.32. The molecule has 1 aromatic rings. The number of hydrogen-bond donors (Lipinski definition) is 3. The predicted molar refractivity (Wildman–Crippen MR) is 66.7 cm³/mol. The third-order valence-corrected chi connectivity index (χ3v) is 3.60. The van der Waals surface area contributed by atoms with Gasteiger partial charge in [0.15, 0.2) is 0 Å². The molecule has 1 saturated carbocycles. The quantitative estimate of drug-likeness (QED) is 0.744. The summed E-state index contributed by atoms with van der Waals surface area (Å²) in [6.45, 7) is 0. The molecule has 0 aliphatic heterocycles.